The number of aromatic carboxylic acids is 1. The van der Waals surface area contributed by atoms with Gasteiger partial charge in [-0.2, -0.15) is 0 Å². The summed E-state index contributed by atoms with van der Waals surface area (Å²) in [5.41, 5.74) is 1.49. The molecule has 96 valence electrons. The zero-order valence-corrected chi connectivity index (χ0v) is 10.0. The van der Waals surface area contributed by atoms with E-state index in [1.165, 1.54) is 24.3 Å². The van der Waals surface area contributed by atoms with Gasteiger partial charge in [-0.3, -0.25) is 15.5 Å². The van der Waals surface area contributed by atoms with Gasteiger partial charge in [0.15, 0.2) is 0 Å². The monoisotopic (exact) mass is 250 g/mol. The number of benzene rings is 1. The van der Waals surface area contributed by atoms with Gasteiger partial charge in [-0.1, -0.05) is 13.8 Å². The van der Waals surface area contributed by atoms with E-state index < -0.39 is 11.5 Å². The van der Waals surface area contributed by atoms with Crippen molar-refractivity contribution < 1.29 is 15.1 Å². The normalized spacial score (nSPS) is 9.50. The molecular formula is C12H14N2O4. The number of rotatable bonds is 2. The van der Waals surface area contributed by atoms with Crippen molar-refractivity contribution in [3.8, 4) is 0 Å². The SMILES string of the molecule is CC.O=C(O)c1ccc2c(=O)[nH]c(NO)cc2c1. The molecule has 0 aliphatic heterocycles. The largest absolute Gasteiger partial charge is 0.478 e. The van der Waals surface area contributed by atoms with E-state index in [9.17, 15) is 9.59 Å². The number of fused-ring (bicyclic) bond motifs is 1. The highest BCUT2D eigenvalue weighted by Gasteiger charge is 2.06. The molecule has 4 N–H and O–H groups in total. The molecule has 0 atom stereocenters. The quantitative estimate of drug-likeness (QED) is 0.611. The van der Waals surface area contributed by atoms with Gasteiger partial charge in [0.05, 0.1) is 5.56 Å². The second kappa shape index (κ2) is 5.83. The Morgan fingerprint density at radius 3 is 2.50 bits per heavy atom. The van der Waals surface area contributed by atoms with Crippen LogP contribution in [0.25, 0.3) is 10.8 Å². The Hall–Kier alpha value is -2.34. The van der Waals surface area contributed by atoms with Crippen LogP contribution in [-0.2, 0) is 0 Å². The van der Waals surface area contributed by atoms with Crippen molar-refractivity contribution in [3.63, 3.8) is 0 Å². The smallest absolute Gasteiger partial charge is 0.335 e. The lowest BCUT2D eigenvalue weighted by Gasteiger charge is -2.02. The van der Waals surface area contributed by atoms with Crippen molar-refractivity contribution in [1.29, 1.82) is 0 Å². The van der Waals surface area contributed by atoms with Gasteiger partial charge in [-0.15, -0.1) is 0 Å². The Bertz CT molecular complexity index is 619. The number of carbonyl (C=O) groups is 1. The summed E-state index contributed by atoms with van der Waals surface area (Å²) in [4.78, 5) is 24.6. The summed E-state index contributed by atoms with van der Waals surface area (Å²) in [6.07, 6.45) is 0. The first-order valence-electron chi connectivity index (χ1n) is 5.42. The maximum Gasteiger partial charge on any atom is 0.335 e. The molecule has 0 spiro atoms. The first-order valence-corrected chi connectivity index (χ1v) is 5.42. The number of hydrogen-bond donors (Lipinski definition) is 4. The number of pyridine rings is 1. The molecule has 1 aromatic heterocycles. The Labute approximate surface area is 103 Å². The summed E-state index contributed by atoms with van der Waals surface area (Å²) in [7, 11) is 0. The summed E-state index contributed by atoms with van der Waals surface area (Å²) in [6, 6.07) is 5.60. The summed E-state index contributed by atoms with van der Waals surface area (Å²) in [5.74, 6) is -0.958. The Kier molecular flexibility index (Phi) is 4.45. The molecule has 0 bridgehead atoms. The van der Waals surface area contributed by atoms with Crippen molar-refractivity contribution in [1.82, 2.24) is 4.98 Å². The number of carboxylic acid groups (broad SMARTS) is 1. The maximum absolute atomic E-state index is 11.5. The predicted octanol–water partition coefficient (Wildman–Crippen LogP) is 2.05. The third-order valence-corrected chi connectivity index (χ3v) is 2.21. The van der Waals surface area contributed by atoms with Gasteiger partial charge in [0.1, 0.15) is 5.82 Å². The second-order valence-corrected chi connectivity index (χ2v) is 3.23. The van der Waals surface area contributed by atoms with E-state index >= 15 is 0 Å². The van der Waals surface area contributed by atoms with Crippen LogP contribution >= 0.6 is 0 Å². The lowest BCUT2D eigenvalue weighted by molar-refractivity contribution is 0.0697. The van der Waals surface area contributed by atoms with Gasteiger partial charge in [-0.05, 0) is 29.7 Å². The van der Waals surface area contributed by atoms with Gasteiger partial charge in [0.25, 0.3) is 5.56 Å². The van der Waals surface area contributed by atoms with Crippen molar-refractivity contribution in [2.45, 2.75) is 13.8 Å². The third-order valence-electron chi connectivity index (χ3n) is 2.21. The van der Waals surface area contributed by atoms with Crippen LogP contribution in [-0.4, -0.2) is 21.3 Å². The number of nitrogens with one attached hydrogen (secondary N) is 2. The Balaban J connectivity index is 0.000000771. The number of aromatic nitrogens is 1. The zero-order valence-electron chi connectivity index (χ0n) is 10.0. The molecule has 0 aliphatic carbocycles. The van der Waals surface area contributed by atoms with Crippen LogP contribution in [0.4, 0.5) is 5.82 Å². The van der Waals surface area contributed by atoms with E-state index in [0.29, 0.717) is 10.8 Å². The van der Waals surface area contributed by atoms with E-state index in [1.54, 1.807) is 5.48 Å². The number of anilines is 1. The fraction of sp³-hybridized carbons (Fsp3) is 0.167. The maximum atomic E-state index is 11.5. The molecule has 2 aromatic rings. The minimum absolute atomic E-state index is 0.0852. The topological polar surface area (TPSA) is 102 Å². The molecule has 0 saturated heterocycles. The summed E-state index contributed by atoms with van der Waals surface area (Å²) < 4.78 is 0. The second-order valence-electron chi connectivity index (χ2n) is 3.23. The first kappa shape index (κ1) is 13.7. The van der Waals surface area contributed by atoms with Crippen LogP contribution in [0.3, 0.4) is 0 Å². The molecule has 0 fully saturated rings. The molecule has 1 heterocycles. The first-order chi connectivity index (χ1) is 8.61. The lowest BCUT2D eigenvalue weighted by Crippen LogP contribution is -2.09. The molecule has 18 heavy (non-hydrogen) atoms. The summed E-state index contributed by atoms with van der Waals surface area (Å²) in [5, 5.41) is 18.3. The van der Waals surface area contributed by atoms with Gasteiger partial charge in [0.2, 0.25) is 0 Å². The molecule has 2 rings (SSSR count). The molecule has 6 heteroatoms. The van der Waals surface area contributed by atoms with E-state index in [1.807, 2.05) is 13.8 Å². The molecule has 0 amide bonds. The summed E-state index contributed by atoms with van der Waals surface area (Å²) >= 11 is 0. The highest BCUT2D eigenvalue weighted by molar-refractivity contribution is 5.94. The fourth-order valence-electron chi connectivity index (χ4n) is 1.46. The number of H-pyrrole nitrogens is 1. The molecule has 0 radical (unpaired) electrons. The fourth-order valence-corrected chi connectivity index (χ4v) is 1.46. The zero-order chi connectivity index (χ0) is 13.7. The standard InChI is InChI=1S/C10H8N2O4.C2H6/c13-9-7-2-1-5(10(14)15)3-6(7)4-8(11-9)12-16;1-2/h1-4,16H,(H,14,15)(H2,11,12,13);1-2H3. The minimum atomic E-state index is -1.07. The average molecular weight is 250 g/mol. The van der Waals surface area contributed by atoms with Crippen LogP contribution in [0.1, 0.15) is 24.2 Å². The van der Waals surface area contributed by atoms with Crippen molar-refractivity contribution in [3.05, 3.63) is 40.2 Å². The highest BCUT2D eigenvalue weighted by atomic mass is 16.5. The van der Waals surface area contributed by atoms with Crippen LogP contribution in [0.15, 0.2) is 29.1 Å². The average Bonchev–Trinajstić information content (AvgIpc) is 2.40. The van der Waals surface area contributed by atoms with Crippen molar-refractivity contribution >= 4 is 22.6 Å². The molecule has 0 saturated carbocycles. The van der Waals surface area contributed by atoms with Crippen LogP contribution in [0, 0.1) is 0 Å². The molecule has 6 nitrogen and oxygen atoms in total. The third kappa shape index (κ3) is 2.67. The predicted molar refractivity (Wildman–Crippen MR) is 68.3 cm³/mol. The van der Waals surface area contributed by atoms with Gasteiger partial charge in [0, 0.05) is 5.39 Å². The Morgan fingerprint density at radius 1 is 1.28 bits per heavy atom. The van der Waals surface area contributed by atoms with Crippen molar-refractivity contribution in [2.75, 3.05) is 5.48 Å². The summed E-state index contributed by atoms with van der Waals surface area (Å²) in [6.45, 7) is 4.00. The highest BCUT2D eigenvalue weighted by Crippen LogP contribution is 2.15. The molecule has 1 aromatic carbocycles. The molecule has 0 unspecified atom stereocenters. The minimum Gasteiger partial charge on any atom is -0.478 e. The van der Waals surface area contributed by atoms with Gasteiger partial charge in [-0.25, -0.2) is 4.79 Å². The van der Waals surface area contributed by atoms with Crippen molar-refractivity contribution in [2.24, 2.45) is 0 Å². The van der Waals surface area contributed by atoms with Crippen LogP contribution in [0.5, 0.6) is 0 Å². The van der Waals surface area contributed by atoms with E-state index in [-0.39, 0.29) is 11.4 Å². The van der Waals surface area contributed by atoms with E-state index in [2.05, 4.69) is 4.98 Å². The Morgan fingerprint density at radius 2 is 1.94 bits per heavy atom. The lowest BCUT2D eigenvalue weighted by atomic mass is 10.1. The van der Waals surface area contributed by atoms with Gasteiger partial charge >= 0.3 is 5.97 Å². The number of carboxylic acids is 1. The number of aromatic amines is 1. The molecular weight excluding hydrogens is 236 g/mol. The van der Waals surface area contributed by atoms with E-state index in [0.717, 1.165) is 0 Å². The van der Waals surface area contributed by atoms with Crippen LogP contribution in [0.2, 0.25) is 0 Å². The van der Waals surface area contributed by atoms with Crippen LogP contribution < -0.4 is 11.0 Å². The number of hydrogen-bond acceptors (Lipinski definition) is 4. The van der Waals surface area contributed by atoms with E-state index in [4.69, 9.17) is 10.3 Å². The molecule has 0 aliphatic rings. The van der Waals surface area contributed by atoms with Gasteiger partial charge < -0.3 is 10.1 Å².